The van der Waals surface area contributed by atoms with E-state index in [2.05, 4.69) is 40.6 Å². The van der Waals surface area contributed by atoms with Gasteiger partial charge in [0.1, 0.15) is 12.1 Å². The van der Waals surface area contributed by atoms with Gasteiger partial charge in [-0.15, -0.1) is 0 Å². The molecule has 0 saturated heterocycles. The number of hydrogen-bond donors (Lipinski definition) is 10. The van der Waals surface area contributed by atoms with Crippen molar-refractivity contribution in [3.63, 3.8) is 0 Å². The van der Waals surface area contributed by atoms with Gasteiger partial charge in [-0.25, -0.2) is 19.6 Å². The minimum atomic E-state index is -1.42. The number of carboxylic acids is 4. The van der Waals surface area contributed by atoms with Crippen molar-refractivity contribution in [3.8, 4) is 0 Å². The number of amides is 2. The summed E-state index contributed by atoms with van der Waals surface area (Å²) in [6.07, 6.45) is 2.65. The molecule has 0 bridgehead atoms. The fraction of sp³-hybridized carbons (Fsp3) is 0.317. The molecule has 2 aliphatic heterocycles. The van der Waals surface area contributed by atoms with Gasteiger partial charge in [0.15, 0.2) is 11.6 Å². The number of carboxylic acid groups (broad SMARTS) is 4. The maximum atomic E-state index is 13.8. The van der Waals surface area contributed by atoms with Crippen molar-refractivity contribution in [3.05, 3.63) is 103 Å². The highest BCUT2D eigenvalue weighted by molar-refractivity contribution is 5.97. The SMILES string of the molecule is Nc1nc2c(c(=O)[nH]1)C(CCc1ccc(C(=O)NC(CCC(=O)O)C(=O)O)cc1)(CC1(CCc3ccc(C(=O)NC(CCC(=O)O)C(=O)O)cc3)C=Nc3nc(N)[nH]c(=O)c31)C=N2. The molecule has 22 heteroatoms. The Morgan fingerprint density at radius 3 is 1.30 bits per heavy atom. The molecular formula is C41H42N10O12. The van der Waals surface area contributed by atoms with Crippen molar-refractivity contribution in [1.82, 2.24) is 30.6 Å². The molecule has 2 aromatic carbocycles. The molecule has 0 spiro atoms. The van der Waals surface area contributed by atoms with Gasteiger partial charge in [-0.05, 0) is 80.3 Å². The van der Waals surface area contributed by atoms with Crippen molar-refractivity contribution in [2.75, 3.05) is 11.5 Å². The van der Waals surface area contributed by atoms with Crippen molar-refractivity contribution < 1.29 is 49.2 Å². The highest BCUT2D eigenvalue weighted by Crippen LogP contribution is 2.49. The number of nitrogens with one attached hydrogen (secondary N) is 4. The number of anilines is 2. The largest absolute Gasteiger partial charge is 0.481 e. The Balaban J connectivity index is 1.28. The molecule has 6 rings (SSSR count). The summed E-state index contributed by atoms with van der Waals surface area (Å²) in [6, 6.07) is 9.67. The third-order valence-electron chi connectivity index (χ3n) is 11.0. The number of carbonyl (C=O) groups excluding carboxylic acids is 2. The topological polar surface area (TPSA) is 376 Å². The summed E-state index contributed by atoms with van der Waals surface area (Å²) in [7, 11) is 0. The van der Waals surface area contributed by atoms with Crippen LogP contribution in [-0.2, 0) is 42.8 Å². The number of aliphatic imine (C=N–C) groups is 2. The number of aliphatic carboxylic acids is 4. The number of rotatable bonds is 20. The quantitative estimate of drug-likeness (QED) is 0.0600. The predicted molar refractivity (Wildman–Crippen MR) is 224 cm³/mol. The van der Waals surface area contributed by atoms with Gasteiger partial charge >= 0.3 is 23.9 Å². The van der Waals surface area contributed by atoms with Crippen LogP contribution >= 0.6 is 0 Å². The first-order chi connectivity index (χ1) is 29.9. The van der Waals surface area contributed by atoms with E-state index in [-0.39, 0.29) is 90.7 Å². The fourth-order valence-corrected chi connectivity index (χ4v) is 7.84. The van der Waals surface area contributed by atoms with Gasteiger partial charge < -0.3 is 42.5 Å². The summed E-state index contributed by atoms with van der Waals surface area (Å²) < 4.78 is 0. The molecule has 4 heterocycles. The van der Waals surface area contributed by atoms with Crippen LogP contribution in [0.25, 0.3) is 0 Å². The number of aromatic nitrogens is 4. The fourth-order valence-electron chi connectivity index (χ4n) is 7.84. The standard InChI is InChI=1S/C41H42N10O12/c42-38-48-30-28(34(58)50-38)40(18-44-30,15-13-20-1-5-22(6-2-20)32(56)46-24(36(60)61)9-11-26(52)53)17-41(19-45-31-29(41)35(59)51-39(43)49-31)16-14-21-3-7-23(8-4-21)33(57)47-25(37(62)63)10-12-27(54)55/h1-8,18-19,24-25H,9-17H2,(H,46,56)(H,47,57)(H,52,53)(H,54,55)(H,60,61)(H,62,63)(H3,42,48,50,58)(H3,43,49,51,59). The zero-order valence-electron chi connectivity index (χ0n) is 33.3. The van der Waals surface area contributed by atoms with Crippen molar-refractivity contribution in [2.45, 2.75) is 80.7 Å². The zero-order chi connectivity index (χ0) is 45.6. The molecule has 0 radical (unpaired) electrons. The summed E-state index contributed by atoms with van der Waals surface area (Å²) in [5.41, 5.74) is 10.3. The third kappa shape index (κ3) is 10.1. The van der Waals surface area contributed by atoms with Crippen LogP contribution in [0.4, 0.5) is 23.5 Å². The molecule has 4 unspecified atom stereocenters. The van der Waals surface area contributed by atoms with E-state index in [9.17, 15) is 48.6 Å². The number of benzene rings is 2. The monoisotopic (exact) mass is 866 g/mol. The zero-order valence-corrected chi connectivity index (χ0v) is 33.3. The number of aryl methyl sites for hydroxylation is 2. The number of fused-ring (bicyclic) bond motifs is 2. The second-order valence-corrected chi connectivity index (χ2v) is 15.3. The Hall–Kier alpha value is -8.04. The summed E-state index contributed by atoms with van der Waals surface area (Å²) >= 11 is 0. The van der Waals surface area contributed by atoms with E-state index < -0.39 is 82.6 Å². The minimum Gasteiger partial charge on any atom is -0.481 e. The van der Waals surface area contributed by atoms with Crippen LogP contribution in [0.3, 0.4) is 0 Å². The van der Waals surface area contributed by atoms with Gasteiger partial charge in [-0.3, -0.25) is 38.7 Å². The second kappa shape index (κ2) is 18.3. The normalized spacial score (nSPS) is 17.9. The predicted octanol–water partition coefficient (Wildman–Crippen LogP) is 1.38. The van der Waals surface area contributed by atoms with Crippen molar-refractivity contribution >= 4 is 71.7 Å². The van der Waals surface area contributed by atoms with Gasteiger partial charge in [0, 0.05) is 47.2 Å². The van der Waals surface area contributed by atoms with Crippen LogP contribution < -0.4 is 33.2 Å². The Morgan fingerprint density at radius 2 is 0.968 bits per heavy atom. The average Bonchev–Trinajstić information content (AvgIpc) is 3.77. The molecular weight excluding hydrogens is 825 g/mol. The van der Waals surface area contributed by atoms with Crippen molar-refractivity contribution in [1.29, 1.82) is 0 Å². The lowest BCUT2D eigenvalue weighted by atomic mass is 9.63. The molecule has 63 heavy (non-hydrogen) atoms. The number of hydrogen-bond acceptors (Lipinski definition) is 14. The average molecular weight is 867 g/mol. The van der Waals surface area contributed by atoms with E-state index in [0.29, 0.717) is 11.1 Å². The number of nitrogens with zero attached hydrogens (tertiary/aromatic N) is 4. The highest BCUT2D eigenvalue weighted by atomic mass is 16.4. The Labute approximate surface area is 355 Å². The Morgan fingerprint density at radius 1 is 0.603 bits per heavy atom. The van der Waals surface area contributed by atoms with E-state index in [1.54, 1.807) is 36.7 Å². The van der Waals surface area contributed by atoms with Crippen molar-refractivity contribution in [2.24, 2.45) is 9.98 Å². The maximum Gasteiger partial charge on any atom is 0.326 e. The van der Waals surface area contributed by atoms with E-state index in [1.807, 2.05) is 0 Å². The van der Waals surface area contributed by atoms with Gasteiger partial charge in [0.05, 0.1) is 11.1 Å². The van der Waals surface area contributed by atoms with Crippen LogP contribution in [0.2, 0.25) is 0 Å². The highest BCUT2D eigenvalue weighted by Gasteiger charge is 2.50. The van der Waals surface area contributed by atoms with E-state index >= 15 is 0 Å². The first-order valence-corrected chi connectivity index (χ1v) is 19.5. The lowest BCUT2D eigenvalue weighted by Gasteiger charge is -2.37. The van der Waals surface area contributed by atoms with Crippen LogP contribution in [0.15, 0.2) is 68.1 Å². The summed E-state index contributed by atoms with van der Waals surface area (Å²) in [4.78, 5) is 121. The summed E-state index contributed by atoms with van der Waals surface area (Å²) in [6.45, 7) is 0. The lowest BCUT2D eigenvalue weighted by Crippen LogP contribution is -2.44. The number of nitrogens with two attached hydrogens (primary N) is 2. The molecule has 0 saturated carbocycles. The Kier molecular flexibility index (Phi) is 12.9. The molecule has 0 fully saturated rings. The number of nitrogen functional groups attached to an aromatic ring is 2. The second-order valence-electron chi connectivity index (χ2n) is 15.3. The number of aromatic amines is 2. The van der Waals surface area contributed by atoms with E-state index in [0.717, 1.165) is 0 Å². The Bertz CT molecular complexity index is 2480. The van der Waals surface area contributed by atoms with Crippen LogP contribution in [0.5, 0.6) is 0 Å². The smallest absolute Gasteiger partial charge is 0.326 e. The molecule has 12 N–H and O–H groups in total. The molecule has 2 amide bonds. The molecule has 22 nitrogen and oxygen atoms in total. The first kappa shape index (κ1) is 44.5. The number of carbonyl (C=O) groups is 6. The molecule has 2 aliphatic rings. The van der Waals surface area contributed by atoms with Crippen LogP contribution in [0, 0.1) is 0 Å². The summed E-state index contributed by atoms with van der Waals surface area (Å²) in [5, 5.41) is 41.6. The molecule has 4 aromatic rings. The molecule has 328 valence electrons. The molecule has 0 aliphatic carbocycles. The van der Waals surface area contributed by atoms with E-state index in [1.165, 1.54) is 24.3 Å². The summed E-state index contributed by atoms with van der Waals surface area (Å²) in [5.74, 6) is -6.79. The van der Waals surface area contributed by atoms with Gasteiger partial charge in [-0.1, -0.05) is 24.3 Å². The maximum absolute atomic E-state index is 13.8. The molecule has 2 aromatic heterocycles. The molecule has 4 atom stereocenters. The lowest BCUT2D eigenvalue weighted by molar-refractivity contribution is -0.142. The van der Waals surface area contributed by atoms with Crippen LogP contribution in [-0.4, -0.2) is 101 Å². The van der Waals surface area contributed by atoms with Gasteiger partial charge in [-0.2, -0.15) is 9.97 Å². The van der Waals surface area contributed by atoms with Gasteiger partial charge in [0.2, 0.25) is 11.9 Å². The van der Waals surface area contributed by atoms with E-state index in [4.69, 9.17) is 21.7 Å². The number of H-pyrrole nitrogens is 2. The first-order valence-electron chi connectivity index (χ1n) is 19.5. The van der Waals surface area contributed by atoms with Gasteiger partial charge in [0.25, 0.3) is 22.9 Å². The minimum absolute atomic E-state index is 0.0389. The van der Waals surface area contributed by atoms with Crippen LogP contribution in [0.1, 0.15) is 87.9 Å². The third-order valence-corrected chi connectivity index (χ3v) is 11.0.